The smallest absolute Gasteiger partial charge is 0.0750 e. The summed E-state index contributed by atoms with van der Waals surface area (Å²) in [5, 5.41) is 4.89. The zero-order valence-corrected chi connectivity index (χ0v) is 13.8. The van der Waals surface area contributed by atoms with Crippen molar-refractivity contribution in [3.8, 4) is 11.1 Å². The first-order valence-electron chi connectivity index (χ1n) is 8.75. The van der Waals surface area contributed by atoms with Gasteiger partial charge in [0.15, 0.2) is 0 Å². The van der Waals surface area contributed by atoms with Gasteiger partial charge in [-0.1, -0.05) is 82.3 Å². The number of nitrogens with zero attached hydrogens (tertiary/aromatic N) is 1. The molecule has 0 spiro atoms. The number of fused-ring (bicyclic) bond motifs is 3. The summed E-state index contributed by atoms with van der Waals surface area (Å²) in [7, 11) is 0. The SMILES string of the molecule is CCCCCCCC(C)c1cccc2c1[N]c1ccccc1-2. The van der Waals surface area contributed by atoms with Crippen LogP contribution in [0, 0.1) is 0 Å². The van der Waals surface area contributed by atoms with E-state index in [9.17, 15) is 0 Å². The fourth-order valence-electron chi connectivity index (χ4n) is 3.43. The second kappa shape index (κ2) is 7.00. The molecule has 1 radical (unpaired) electrons. The van der Waals surface area contributed by atoms with Crippen molar-refractivity contribution >= 4 is 11.4 Å². The predicted octanol–water partition coefficient (Wildman–Crippen LogP) is 6.70. The molecule has 3 rings (SSSR count). The monoisotopic (exact) mass is 292 g/mol. The topological polar surface area (TPSA) is 14.1 Å². The van der Waals surface area contributed by atoms with Crippen LogP contribution in [0.1, 0.15) is 63.9 Å². The molecule has 2 aromatic carbocycles. The predicted molar refractivity (Wildman–Crippen MR) is 95.1 cm³/mol. The van der Waals surface area contributed by atoms with Gasteiger partial charge in [-0.3, -0.25) is 0 Å². The lowest BCUT2D eigenvalue weighted by atomic mass is 9.91. The van der Waals surface area contributed by atoms with Gasteiger partial charge in [0.2, 0.25) is 0 Å². The van der Waals surface area contributed by atoms with Crippen molar-refractivity contribution in [1.29, 1.82) is 0 Å². The van der Waals surface area contributed by atoms with E-state index in [2.05, 4.69) is 56.3 Å². The molecular weight excluding hydrogens is 266 g/mol. The van der Waals surface area contributed by atoms with Crippen LogP contribution in [0.5, 0.6) is 0 Å². The first-order chi connectivity index (χ1) is 10.8. The summed E-state index contributed by atoms with van der Waals surface area (Å²) in [5.41, 5.74) is 6.36. The number of unbranched alkanes of at least 4 members (excludes halogenated alkanes) is 4. The Labute approximate surface area is 134 Å². The van der Waals surface area contributed by atoms with Crippen molar-refractivity contribution in [2.24, 2.45) is 0 Å². The zero-order chi connectivity index (χ0) is 15.4. The number of para-hydroxylation sites is 2. The maximum absolute atomic E-state index is 4.89. The average Bonchev–Trinajstić information content (AvgIpc) is 2.93. The largest absolute Gasteiger partial charge is 0.247 e. The molecule has 1 nitrogen and oxygen atoms in total. The summed E-state index contributed by atoms with van der Waals surface area (Å²) in [6.07, 6.45) is 8.04. The van der Waals surface area contributed by atoms with Crippen molar-refractivity contribution in [3.05, 3.63) is 48.0 Å². The van der Waals surface area contributed by atoms with Crippen LogP contribution in [-0.4, -0.2) is 0 Å². The molecule has 2 aromatic rings. The molecule has 1 aliphatic heterocycles. The van der Waals surface area contributed by atoms with Gasteiger partial charge < -0.3 is 0 Å². The van der Waals surface area contributed by atoms with E-state index in [0.29, 0.717) is 5.92 Å². The van der Waals surface area contributed by atoms with E-state index in [1.54, 1.807) is 0 Å². The van der Waals surface area contributed by atoms with E-state index in [1.165, 1.54) is 60.9 Å². The minimum Gasteiger partial charge on any atom is -0.247 e. The van der Waals surface area contributed by atoms with E-state index < -0.39 is 0 Å². The van der Waals surface area contributed by atoms with Crippen LogP contribution < -0.4 is 5.32 Å². The van der Waals surface area contributed by atoms with Crippen LogP contribution >= 0.6 is 0 Å². The van der Waals surface area contributed by atoms with Gasteiger partial charge in [-0.2, -0.15) is 0 Å². The molecule has 0 amide bonds. The molecule has 0 bridgehead atoms. The van der Waals surface area contributed by atoms with Crippen LogP contribution in [-0.2, 0) is 0 Å². The standard InChI is InChI=1S/C21H26N/c1-3-4-5-6-7-11-16(2)17-13-10-14-19-18-12-8-9-15-20(18)22-21(17)19/h8-10,12-16H,3-7,11H2,1-2H3. The van der Waals surface area contributed by atoms with E-state index >= 15 is 0 Å². The van der Waals surface area contributed by atoms with Gasteiger partial charge in [-0.15, -0.1) is 0 Å². The molecular formula is C21H26N. The quantitative estimate of drug-likeness (QED) is 0.430. The van der Waals surface area contributed by atoms with Gasteiger partial charge in [0.1, 0.15) is 0 Å². The number of rotatable bonds is 7. The highest BCUT2D eigenvalue weighted by Gasteiger charge is 2.23. The summed E-state index contributed by atoms with van der Waals surface area (Å²) in [5.74, 6) is 0.592. The van der Waals surface area contributed by atoms with Gasteiger partial charge >= 0.3 is 0 Å². The molecule has 22 heavy (non-hydrogen) atoms. The zero-order valence-electron chi connectivity index (χ0n) is 13.8. The maximum Gasteiger partial charge on any atom is 0.0750 e. The molecule has 0 saturated carbocycles. The van der Waals surface area contributed by atoms with Crippen molar-refractivity contribution < 1.29 is 0 Å². The van der Waals surface area contributed by atoms with Crippen molar-refractivity contribution in [3.63, 3.8) is 0 Å². The third kappa shape index (κ3) is 3.04. The summed E-state index contributed by atoms with van der Waals surface area (Å²) in [6.45, 7) is 4.63. The Morgan fingerprint density at radius 3 is 2.50 bits per heavy atom. The normalized spacial score (nSPS) is 13.4. The maximum atomic E-state index is 4.89. The van der Waals surface area contributed by atoms with Gasteiger partial charge in [0.25, 0.3) is 0 Å². The molecule has 0 aliphatic carbocycles. The molecule has 1 unspecified atom stereocenters. The van der Waals surface area contributed by atoms with Gasteiger partial charge in [0, 0.05) is 11.1 Å². The lowest BCUT2D eigenvalue weighted by Crippen LogP contribution is -1.98. The van der Waals surface area contributed by atoms with Gasteiger partial charge in [-0.25, -0.2) is 5.32 Å². The lowest BCUT2D eigenvalue weighted by molar-refractivity contribution is 0.567. The molecule has 1 heterocycles. The number of hydrogen-bond acceptors (Lipinski definition) is 0. The summed E-state index contributed by atoms with van der Waals surface area (Å²) in [6, 6.07) is 15.2. The van der Waals surface area contributed by atoms with E-state index in [1.807, 2.05) is 0 Å². The molecule has 1 atom stereocenters. The highest BCUT2D eigenvalue weighted by atomic mass is 14.9. The molecule has 0 saturated heterocycles. The van der Waals surface area contributed by atoms with Gasteiger partial charge in [-0.05, 0) is 24.0 Å². The molecule has 0 aromatic heterocycles. The average molecular weight is 292 g/mol. The summed E-state index contributed by atoms with van der Waals surface area (Å²) < 4.78 is 0. The Morgan fingerprint density at radius 1 is 0.864 bits per heavy atom. The van der Waals surface area contributed by atoms with Crippen LogP contribution in [0.3, 0.4) is 0 Å². The third-order valence-electron chi connectivity index (χ3n) is 4.77. The van der Waals surface area contributed by atoms with Crippen LogP contribution in [0.2, 0.25) is 0 Å². The first kappa shape index (κ1) is 15.1. The van der Waals surface area contributed by atoms with Crippen molar-refractivity contribution in [2.45, 2.75) is 58.3 Å². The first-order valence-corrected chi connectivity index (χ1v) is 8.75. The Balaban J connectivity index is 1.71. The fraction of sp³-hybridized carbons (Fsp3) is 0.429. The van der Waals surface area contributed by atoms with E-state index in [0.717, 1.165) is 5.69 Å². The Morgan fingerprint density at radius 2 is 1.64 bits per heavy atom. The summed E-state index contributed by atoms with van der Waals surface area (Å²) >= 11 is 0. The Kier molecular flexibility index (Phi) is 4.82. The van der Waals surface area contributed by atoms with Crippen LogP contribution in [0.4, 0.5) is 11.4 Å². The Hall–Kier alpha value is -1.76. The number of hydrogen-bond donors (Lipinski definition) is 0. The van der Waals surface area contributed by atoms with Crippen LogP contribution in [0.25, 0.3) is 11.1 Å². The fourth-order valence-corrected chi connectivity index (χ4v) is 3.43. The molecule has 1 heteroatoms. The molecule has 0 fully saturated rings. The number of benzene rings is 2. The minimum absolute atomic E-state index is 0.592. The highest BCUT2D eigenvalue weighted by molar-refractivity contribution is 5.92. The third-order valence-corrected chi connectivity index (χ3v) is 4.77. The van der Waals surface area contributed by atoms with Gasteiger partial charge in [0.05, 0.1) is 11.4 Å². The van der Waals surface area contributed by atoms with Crippen molar-refractivity contribution in [2.75, 3.05) is 0 Å². The van der Waals surface area contributed by atoms with E-state index in [-0.39, 0.29) is 0 Å². The highest BCUT2D eigenvalue weighted by Crippen LogP contribution is 2.46. The second-order valence-electron chi connectivity index (χ2n) is 6.48. The van der Waals surface area contributed by atoms with Crippen LogP contribution in [0.15, 0.2) is 42.5 Å². The lowest BCUT2D eigenvalue weighted by Gasteiger charge is -2.15. The minimum atomic E-state index is 0.592. The Bertz CT molecular complexity index is 630. The van der Waals surface area contributed by atoms with E-state index in [4.69, 9.17) is 5.32 Å². The molecule has 115 valence electrons. The molecule has 0 N–H and O–H groups in total. The summed E-state index contributed by atoms with van der Waals surface area (Å²) in [4.78, 5) is 0. The molecule has 1 aliphatic rings. The van der Waals surface area contributed by atoms with Crippen molar-refractivity contribution in [1.82, 2.24) is 5.32 Å². The second-order valence-corrected chi connectivity index (χ2v) is 6.48.